The average Bonchev–Trinajstić information content (AvgIpc) is 3.45. The van der Waals surface area contributed by atoms with Crippen LogP contribution in [-0.2, 0) is 4.79 Å². The molecule has 3 rings (SSSR count). The van der Waals surface area contributed by atoms with Crippen molar-refractivity contribution in [3.8, 4) is 0 Å². The van der Waals surface area contributed by atoms with Crippen LogP contribution < -0.4 is 5.32 Å². The van der Waals surface area contributed by atoms with E-state index in [0.29, 0.717) is 16.9 Å². The Balaban J connectivity index is 2.09. The van der Waals surface area contributed by atoms with Crippen molar-refractivity contribution in [1.29, 1.82) is 0 Å². The van der Waals surface area contributed by atoms with Gasteiger partial charge in [0.1, 0.15) is 11.6 Å². The number of carbonyl (C=O) groups is 1. The number of pyridine rings is 1. The lowest BCUT2D eigenvalue weighted by Crippen LogP contribution is -2.14. The van der Waals surface area contributed by atoms with Gasteiger partial charge in [-0.15, -0.1) is 0 Å². The molecule has 1 N–H and O–H groups in total. The van der Waals surface area contributed by atoms with E-state index in [1.807, 2.05) is 38.1 Å². The first-order valence-electron chi connectivity index (χ1n) is 8.82. The summed E-state index contributed by atoms with van der Waals surface area (Å²) in [6.07, 6.45) is 8.96. The average molecular weight is 350 g/mol. The zero-order valence-electron chi connectivity index (χ0n) is 15.4. The Morgan fingerprint density at radius 3 is 2.73 bits per heavy atom. The summed E-state index contributed by atoms with van der Waals surface area (Å²) in [6.45, 7) is 9.29. The van der Waals surface area contributed by atoms with E-state index in [1.54, 1.807) is 19.2 Å². The Morgan fingerprint density at radius 2 is 2.12 bits per heavy atom. The summed E-state index contributed by atoms with van der Waals surface area (Å²) in [5, 5.41) is 4.45. The van der Waals surface area contributed by atoms with E-state index >= 15 is 4.39 Å². The minimum Gasteiger partial charge on any atom is -0.310 e. The van der Waals surface area contributed by atoms with Gasteiger partial charge in [-0.2, -0.15) is 0 Å². The lowest BCUT2D eigenvalue weighted by Gasteiger charge is -2.14. The van der Waals surface area contributed by atoms with E-state index in [1.165, 1.54) is 0 Å². The van der Waals surface area contributed by atoms with Gasteiger partial charge in [0.15, 0.2) is 0 Å². The zero-order chi connectivity index (χ0) is 18.8. The molecule has 0 saturated heterocycles. The summed E-state index contributed by atoms with van der Waals surface area (Å²) in [7, 11) is 0. The number of nitrogens with one attached hydrogen (secondary N) is 1. The molecule has 0 radical (unpaired) electrons. The topological polar surface area (TPSA) is 42.0 Å². The van der Waals surface area contributed by atoms with E-state index in [2.05, 4.69) is 16.9 Å². The minimum atomic E-state index is -0.251. The van der Waals surface area contributed by atoms with E-state index in [-0.39, 0.29) is 17.6 Å². The molecule has 1 amide bonds. The first kappa shape index (κ1) is 18.1. The number of amides is 1. The number of nitrogens with zero attached hydrogens (tertiary/aromatic N) is 1. The molecule has 0 bridgehead atoms. The molecule has 1 heterocycles. The molecule has 1 aromatic carbocycles. The Labute approximate surface area is 153 Å². The Morgan fingerprint density at radius 1 is 1.38 bits per heavy atom. The van der Waals surface area contributed by atoms with Crippen LogP contribution in [0, 0.1) is 18.7 Å². The van der Waals surface area contributed by atoms with Crippen LogP contribution in [-0.4, -0.2) is 10.9 Å². The first-order chi connectivity index (χ1) is 12.5. The molecule has 0 unspecified atom stereocenters. The quantitative estimate of drug-likeness (QED) is 0.717. The van der Waals surface area contributed by atoms with Gasteiger partial charge in [0.25, 0.3) is 0 Å². The molecule has 134 valence electrons. The number of hydrogen-bond acceptors (Lipinski definition) is 2. The molecule has 4 heteroatoms. The van der Waals surface area contributed by atoms with Crippen LogP contribution >= 0.6 is 0 Å². The highest BCUT2D eigenvalue weighted by Gasteiger charge is 2.29. The summed E-state index contributed by atoms with van der Waals surface area (Å²) in [5.41, 5.74) is 2.86. The van der Waals surface area contributed by atoms with Gasteiger partial charge in [-0.05, 0) is 67.8 Å². The normalized spacial score (nSPS) is 15.2. The van der Waals surface area contributed by atoms with Crippen molar-refractivity contribution in [2.24, 2.45) is 5.92 Å². The van der Waals surface area contributed by atoms with Crippen molar-refractivity contribution in [1.82, 2.24) is 4.98 Å². The standard InChI is InChI=1S/C22H23FN2O/c1-5-7-13(3)17(6-2)18-10-16-11-20(25-22(26)15-8-9-15)24-12-19(16)14(4)21(18)23/h5-7,10-12,15H,1,8-9H2,2-4H3,(H,24,25,26)/b13-7-,17-6+. The summed E-state index contributed by atoms with van der Waals surface area (Å²) in [4.78, 5) is 16.3. The van der Waals surface area contributed by atoms with Crippen LogP contribution in [0.1, 0.15) is 37.8 Å². The van der Waals surface area contributed by atoms with Crippen LogP contribution in [0.25, 0.3) is 16.3 Å². The molecular weight excluding hydrogens is 327 g/mol. The predicted molar refractivity (Wildman–Crippen MR) is 105 cm³/mol. The third-order valence-corrected chi connectivity index (χ3v) is 4.78. The number of rotatable bonds is 5. The summed E-state index contributed by atoms with van der Waals surface area (Å²) < 4.78 is 15.0. The van der Waals surface area contributed by atoms with Gasteiger partial charge in [-0.3, -0.25) is 4.79 Å². The number of aromatic nitrogens is 1. The number of aryl methyl sites for hydroxylation is 1. The highest BCUT2D eigenvalue weighted by Crippen LogP contribution is 2.33. The van der Waals surface area contributed by atoms with Crippen molar-refractivity contribution in [3.05, 3.63) is 65.7 Å². The number of halogens is 1. The van der Waals surface area contributed by atoms with Crippen molar-refractivity contribution in [3.63, 3.8) is 0 Å². The largest absolute Gasteiger partial charge is 0.310 e. The molecule has 1 fully saturated rings. The summed E-state index contributed by atoms with van der Waals surface area (Å²) in [6, 6.07) is 3.63. The van der Waals surface area contributed by atoms with Gasteiger partial charge in [0.2, 0.25) is 5.91 Å². The van der Waals surface area contributed by atoms with Gasteiger partial charge in [0, 0.05) is 23.1 Å². The second kappa shape index (κ2) is 7.24. The fourth-order valence-corrected chi connectivity index (χ4v) is 3.14. The third kappa shape index (κ3) is 3.45. The molecule has 26 heavy (non-hydrogen) atoms. The smallest absolute Gasteiger partial charge is 0.228 e. The molecule has 0 atom stereocenters. The van der Waals surface area contributed by atoms with E-state index in [9.17, 15) is 4.79 Å². The van der Waals surface area contributed by atoms with E-state index in [0.717, 1.165) is 34.8 Å². The number of allylic oxidation sites excluding steroid dienone is 5. The third-order valence-electron chi connectivity index (χ3n) is 4.78. The minimum absolute atomic E-state index is 0.00908. The highest BCUT2D eigenvalue weighted by atomic mass is 19.1. The van der Waals surface area contributed by atoms with Crippen molar-refractivity contribution in [2.75, 3.05) is 5.32 Å². The van der Waals surface area contributed by atoms with Gasteiger partial charge < -0.3 is 5.32 Å². The number of hydrogen-bond donors (Lipinski definition) is 1. The molecule has 0 spiro atoms. The molecule has 0 aliphatic heterocycles. The van der Waals surface area contributed by atoms with Crippen LogP contribution in [0.3, 0.4) is 0 Å². The molecule has 1 aromatic heterocycles. The van der Waals surface area contributed by atoms with Crippen molar-refractivity contribution >= 4 is 28.1 Å². The number of anilines is 1. The second-order valence-electron chi connectivity index (χ2n) is 6.71. The number of fused-ring (bicyclic) bond motifs is 1. The SMILES string of the molecule is C=C/C=C(C)\C(=C/C)c1cc2cc(NC(=O)C3CC3)ncc2c(C)c1F. The van der Waals surface area contributed by atoms with E-state index in [4.69, 9.17) is 0 Å². The fourth-order valence-electron chi connectivity index (χ4n) is 3.14. The Hall–Kier alpha value is -2.75. The molecule has 1 aliphatic carbocycles. The highest BCUT2D eigenvalue weighted by molar-refractivity contribution is 5.97. The maximum atomic E-state index is 15.0. The maximum absolute atomic E-state index is 15.0. The monoisotopic (exact) mass is 350 g/mol. The fraction of sp³-hybridized carbons (Fsp3) is 0.273. The van der Waals surface area contributed by atoms with Crippen molar-refractivity contribution in [2.45, 2.75) is 33.6 Å². The predicted octanol–water partition coefficient (Wildman–Crippen LogP) is 5.57. The molecule has 3 nitrogen and oxygen atoms in total. The number of benzene rings is 1. The summed E-state index contributed by atoms with van der Waals surface area (Å²) >= 11 is 0. The van der Waals surface area contributed by atoms with Crippen molar-refractivity contribution < 1.29 is 9.18 Å². The zero-order valence-corrected chi connectivity index (χ0v) is 15.4. The van der Waals surface area contributed by atoms with Crippen LogP contribution in [0.4, 0.5) is 10.2 Å². The Kier molecular flexibility index (Phi) is 5.03. The maximum Gasteiger partial charge on any atom is 0.228 e. The van der Waals surface area contributed by atoms with Gasteiger partial charge in [-0.1, -0.05) is 24.8 Å². The van der Waals surface area contributed by atoms with Crippen LogP contribution in [0.5, 0.6) is 0 Å². The molecular formula is C22H23FN2O. The lowest BCUT2D eigenvalue weighted by molar-refractivity contribution is -0.117. The summed E-state index contributed by atoms with van der Waals surface area (Å²) in [5.74, 6) is 0.375. The second-order valence-corrected chi connectivity index (χ2v) is 6.71. The molecule has 1 saturated carbocycles. The van der Waals surface area contributed by atoms with Gasteiger partial charge in [-0.25, -0.2) is 9.37 Å². The van der Waals surface area contributed by atoms with E-state index < -0.39 is 0 Å². The van der Waals surface area contributed by atoms with Crippen LogP contribution in [0.15, 0.2) is 48.7 Å². The lowest BCUT2D eigenvalue weighted by atomic mass is 9.93. The molecule has 1 aliphatic rings. The van der Waals surface area contributed by atoms with Crippen LogP contribution in [0.2, 0.25) is 0 Å². The van der Waals surface area contributed by atoms with Gasteiger partial charge >= 0.3 is 0 Å². The van der Waals surface area contributed by atoms with Gasteiger partial charge in [0.05, 0.1) is 0 Å². The number of carbonyl (C=O) groups excluding carboxylic acids is 1. The Bertz CT molecular complexity index is 952. The molecule has 2 aromatic rings. The first-order valence-corrected chi connectivity index (χ1v) is 8.82.